The Hall–Kier alpha value is -2.42. The van der Waals surface area contributed by atoms with Crippen LogP contribution >= 0.6 is 0 Å². The van der Waals surface area contributed by atoms with Gasteiger partial charge in [0, 0.05) is 11.8 Å². The van der Waals surface area contributed by atoms with Gasteiger partial charge in [-0.1, -0.05) is 44.9 Å². The van der Waals surface area contributed by atoms with Gasteiger partial charge in [-0.3, -0.25) is 15.5 Å². The Bertz CT molecular complexity index is 635. The molecule has 0 atom stereocenters. The Labute approximate surface area is 149 Å². The fraction of sp³-hybridized carbons (Fsp3) is 0.579. The molecular formula is C19H26N4O2. The quantitative estimate of drug-likeness (QED) is 0.576. The number of hydrogen-bond donors (Lipinski definition) is 1. The van der Waals surface area contributed by atoms with Crippen LogP contribution in [0, 0.1) is 21.4 Å². The minimum absolute atomic E-state index is 0.114. The highest BCUT2D eigenvalue weighted by Crippen LogP contribution is 2.25. The van der Waals surface area contributed by atoms with Crippen LogP contribution in [-0.4, -0.2) is 10.6 Å². The Morgan fingerprint density at radius 1 is 1.00 bits per heavy atom. The second kappa shape index (κ2) is 10.4. The molecule has 0 unspecified atom stereocenters. The maximum absolute atomic E-state index is 11.2. The molecule has 6 nitrogen and oxygen atoms in total. The Balaban J connectivity index is 2.06. The first kappa shape index (κ1) is 18.9. The predicted octanol–water partition coefficient (Wildman–Crippen LogP) is 5.54. The van der Waals surface area contributed by atoms with Crippen molar-refractivity contribution in [1.29, 1.82) is 5.26 Å². The van der Waals surface area contributed by atoms with Crippen molar-refractivity contribution in [3.8, 4) is 6.07 Å². The number of anilines is 1. The maximum atomic E-state index is 11.2. The molecule has 0 amide bonds. The first-order valence-electron chi connectivity index (χ1n) is 9.20. The van der Waals surface area contributed by atoms with Gasteiger partial charge in [-0.2, -0.15) is 10.4 Å². The zero-order valence-electron chi connectivity index (χ0n) is 14.7. The lowest BCUT2D eigenvalue weighted by molar-refractivity contribution is -0.384. The number of nitrogens with one attached hydrogen (secondary N) is 1. The Morgan fingerprint density at radius 2 is 1.56 bits per heavy atom. The minimum Gasteiger partial charge on any atom is -0.272 e. The summed E-state index contributed by atoms with van der Waals surface area (Å²) in [7, 11) is 0. The third-order valence-corrected chi connectivity index (χ3v) is 4.59. The monoisotopic (exact) mass is 342 g/mol. The molecular weight excluding hydrogens is 316 g/mol. The van der Waals surface area contributed by atoms with Crippen molar-refractivity contribution in [3.05, 3.63) is 33.9 Å². The first-order chi connectivity index (χ1) is 12.2. The van der Waals surface area contributed by atoms with E-state index >= 15 is 0 Å². The molecule has 0 heterocycles. The van der Waals surface area contributed by atoms with Gasteiger partial charge in [-0.05, 0) is 37.8 Å². The summed E-state index contributed by atoms with van der Waals surface area (Å²) in [4.78, 5) is 10.7. The molecule has 0 bridgehead atoms. The standard InChI is InChI=1S/C19H26N4O2/c20-15-16-12-13-18(19(14-16)23(24)25)22-21-17-10-8-6-4-2-1-3-5-7-9-11-17/h12-14,22H,1-11H2. The lowest BCUT2D eigenvalue weighted by atomic mass is 10.00. The van der Waals surface area contributed by atoms with Crippen LogP contribution < -0.4 is 5.43 Å². The van der Waals surface area contributed by atoms with E-state index in [2.05, 4.69) is 10.5 Å². The van der Waals surface area contributed by atoms with Crippen LogP contribution in [-0.2, 0) is 0 Å². The van der Waals surface area contributed by atoms with E-state index in [1.54, 1.807) is 12.1 Å². The highest BCUT2D eigenvalue weighted by Gasteiger charge is 2.14. The van der Waals surface area contributed by atoms with Gasteiger partial charge in [0.25, 0.3) is 5.69 Å². The van der Waals surface area contributed by atoms with Crippen LogP contribution in [0.25, 0.3) is 0 Å². The van der Waals surface area contributed by atoms with Crippen LogP contribution in [0.3, 0.4) is 0 Å². The summed E-state index contributed by atoms with van der Waals surface area (Å²) in [6.45, 7) is 0. The van der Waals surface area contributed by atoms with Crippen molar-refractivity contribution in [2.75, 3.05) is 5.43 Å². The SMILES string of the molecule is N#Cc1ccc(NN=C2CCCCCCCCCCC2)c([N+](=O)[O-])c1. The summed E-state index contributed by atoms with van der Waals surface area (Å²) in [5.41, 5.74) is 4.44. The summed E-state index contributed by atoms with van der Waals surface area (Å²) in [6.07, 6.45) is 13.1. The van der Waals surface area contributed by atoms with Gasteiger partial charge in [0.15, 0.2) is 0 Å². The average Bonchev–Trinajstić information content (AvgIpc) is 2.61. The normalized spacial score (nSPS) is 16.8. The van der Waals surface area contributed by atoms with E-state index in [1.165, 1.54) is 51.0 Å². The zero-order valence-corrected chi connectivity index (χ0v) is 14.7. The second-order valence-electron chi connectivity index (χ2n) is 6.57. The number of nitro groups is 1. The number of nitro benzene ring substituents is 1. The molecule has 1 aromatic carbocycles. The molecule has 1 aromatic rings. The Kier molecular flexibility index (Phi) is 7.90. The topological polar surface area (TPSA) is 91.3 Å². The summed E-state index contributed by atoms with van der Waals surface area (Å²) < 4.78 is 0. The number of hydrazone groups is 1. The van der Waals surface area contributed by atoms with E-state index in [9.17, 15) is 10.1 Å². The van der Waals surface area contributed by atoms with Crippen molar-refractivity contribution in [2.24, 2.45) is 5.10 Å². The van der Waals surface area contributed by atoms with Gasteiger partial charge in [0.05, 0.1) is 16.6 Å². The summed E-state index contributed by atoms with van der Waals surface area (Å²) in [6, 6.07) is 6.32. The van der Waals surface area contributed by atoms with Crippen LogP contribution in [0.5, 0.6) is 0 Å². The van der Waals surface area contributed by atoms with Crippen molar-refractivity contribution in [3.63, 3.8) is 0 Å². The number of rotatable bonds is 3. The van der Waals surface area contributed by atoms with Crippen molar-refractivity contribution in [1.82, 2.24) is 0 Å². The lowest BCUT2D eigenvalue weighted by Crippen LogP contribution is -2.05. The van der Waals surface area contributed by atoms with E-state index in [4.69, 9.17) is 5.26 Å². The highest BCUT2D eigenvalue weighted by molar-refractivity contribution is 5.85. The zero-order chi connectivity index (χ0) is 17.9. The molecule has 1 N–H and O–H groups in total. The molecule has 2 rings (SSSR count). The molecule has 0 aliphatic heterocycles. The van der Waals surface area contributed by atoms with Crippen LogP contribution in [0.1, 0.15) is 76.2 Å². The average molecular weight is 342 g/mol. The van der Waals surface area contributed by atoms with Gasteiger partial charge >= 0.3 is 0 Å². The molecule has 25 heavy (non-hydrogen) atoms. The summed E-state index contributed by atoms with van der Waals surface area (Å²) >= 11 is 0. The van der Waals surface area contributed by atoms with Gasteiger partial charge in [0.1, 0.15) is 5.69 Å². The number of benzene rings is 1. The van der Waals surface area contributed by atoms with E-state index in [-0.39, 0.29) is 11.3 Å². The molecule has 0 radical (unpaired) electrons. The minimum atomic E-state index is -0.482. The largest absolute Gasteiger partial charge is 0.295 e. The molecule has 6 heteroatoms. The molecule has 1 aliphatic carbocycles. The molecule has 0 aromatic heterocycles. The van der Waals surface area contributed by atoms with Crippen LogP contribution in [0.4, 0.5) is 11.4 Å². The smallest absolute Gasteiger partial charge is 0.272 e. The van der Waals surface area contributed by atoms with E-state index in [0.29, 0.717) is 5.69 Å². The number of nitriles is 1. The lowest BCUT2D eigenvalue weighted by Gasteiger charge is -2.10. The van der Waals surface area contributed by atoms with Crippen molar-refractivity contribution >= 4 is 17.1 Å². The molecule has 0 saturated heterocycles. The van der Waals surface area contributed by atoms with E-state index in [0.717, 1.165) is 31.4 Å². The predicted molar refractivity (Wildman–Crippen MR) is 99.7 cm³/mol. The fourth-order valence-corrected chi connectivity index (χ4v) is 3.12. The molecule has 1 fully saturated rings. The second-order valence-corrected chi connectivity index (χ2v) is 6.57. The van der Waals surface area contributed by atoms with Gasteiger partial charge in [-0.15, -0.1) is 0 Å². The summed E-state index contributed by atoms with van der Waals surface area (Å²) in [5, 5.41) is 24.6. The molecule has 1 aliphatic rings. The van der Waals surface area contributed by atoms with Crippen molar-refractivity contribution < 1.29 is 4.92 Å². The van der Waals surface area contributed by atoms with Crippen molar-refractivity contribution in [2.45, 2.75) is 70.6 Å². The molecule has 0 spiro atoms. The number of nitrogens with zero attached hydrogens (tertiary/aromatic N) is 3. The third-order valence-electron chi connectivity index (χ3n) is 4.59. The fourth-order valence-electron chi connectivity index (χ4n) is 3.12. The molecule has 134 valence electrons. The third kappa shape index (κ3) is 6.54. The maximum Gasteiger partial charge on any atom is 0.295 e. The van der Waals surface area contributed by atoms with Gasteiger partial charge in [-0.25, -0.2) is 0 Å². The van der Waals surface area contributed by atoms with E-state index in [1.807, 2.05) is 6.07 Å². The van der Waals surface area contributed by atoms with Gasteiger partial charge in [0.2, 0.25) is 0 Å². The van der Waals surface area contributed by atoms with Crippen LogP contribution in [0.15, 0.2) is 23.3 Å². The molecule has 1 saturated carbocycles. The van der Waals surface area contributed by atoms with E-state index < -0.39 is 4.92 Å². The highest BCUT2D eigenvalue weighted by atomic mass is 16.6. The summed E-state index contributed by atoms with van der Waals surface area (Å²) in [5.74, 6) is 0. The van der Waals surface area contributed by atoms with Gasteiger partial charge < -0.3 is 0 Å². The van der Waals surface area contributed by atoms with Crippen LogP contribution in [0.2, 0.25) is 0 Å². The number of hydrogen-bond acceptors (Lipinski definition) is 5. The Morgan fingerprint density at radius 3 is 2.08 bits per heavy atom. The first-order valence-corrected chi connectivity index (χ1v) is 9.20.